The number of hydrogen-bond acceptors (Lipinski definition) is 2. The number of benzene rings is 7. The second-order valence-corrected chi connectivity index (χ2v) is 13.9. The molecule has 0 aliphatic heterocycles. The van der Waals surface area contributed by atoms with Crippen molar-refractivity contribution in [3.05, 3.63) is 224 Å². The first kappa shape index (κ1) is 38.2. The Bertz CT molecular complexity index is 2870. The van der Waals surface area contributed by atoms with Gasteiger partial charge in [-0.2, -0.15) is 0 Å². The maximum atomic E-state index is 4.79. The van der Waals surface area contributed by atoms with Crippen LogP contribution in [0.1, 0.15) is 12.6 Å². The molecular weight excluding hydrogens is 883 g/mol. The van der Waals surface area contributed by atoms with Crippen LogP contribution in [0.15, 0.2) is 206 Å². The molecule has 0 saturated carbocycles. The number of pyridine rings is 2. The van der Waals surface area contributed by atoms with E-state index in [1.165, 1.54) is 60.9 Å². The van der Waals surface area contributed by atoms with Crippen molar-refractivity contribution in [2.45, 2.75) is 13.3 Å². The summed E-state index contributed by atoms with van der Waals surface area (Å²) in [5.74, 6) is 0. The van der Waals surface area contributed by atoms with Gasteiger partial charge in [-0.15, -0.1) is 71.3 Å². The normalized spacial score (nSPS) is 10.8. The topological polar surface area (TPSA) is 30.7 Å². The summed E-state index contributed by atoms with van der Waals surface area (Å²) in [7, 11) is 0. The predicted molar refractivity (Wildman–Crippen MR) is 237 cm³/mol. The molecule has 0 aliphatic rings. The molecule has 0 atom stereocenters. The maximum Gasteiger partial charge on any atom is 0.0541 e. The van der Waals surface area contributed by atoms with Gasteiger partial charge in [0, 0.05) is 48.5 Å². The van der Waals surface area contributed by atoms with E-state index in [-0.39, 0.29) is 20.1 Å². The van der Waals surface area contributed by atoms with Crippen LogP contribution in [0.2, 0.25) is 0 Å². The molecule has 0 unspecified atom stereocenters. The zero-order valence-corrected chi connectivity index (χ0v) is 34.4. The third-order valence-corrected chi connectivity index (χ3v) is 10.4. The van der Waals surface area contributed by atoms with Crippen LogP contribution in [0.4, 0.5) is 0 Å². The number of rotatable bonds is 7. The number of aryl methyl sites for hydroxylation is 1. The van der Waals surface area contributed by atoms with E-state index in [4.69, 9.17) is 4.98 Å². The molecular formula is C54H39IrN3-2. The average molecular weight is 922 g/mol. The Labute approximate surface area is 353 Å². The standard InChI is InChI=1S/C43H31N2.C11H8N.Ir/c1-2-37-12-9-16-41(44-37)36-11-8-10-34(28-36)32-22-18-30(19-23-32)31-20-24-33(25-21-31)35-26-27-43-40(29-35)39-15-6-7-17-42(39)45(43)38-13-4-3-5-14-38;1-2-6-10(7-3-1)11-8-4-5-9-12-11;/h3-10,12-29H,2H2,1H3;1-6,8-9H;/q2*-1;. The molecule has 10 aromatic rings. The van der Waals surface area contributed by atoms with Gasteiger partial charge >= 0.3 is 0 Å². The van der Waals surface area contributed by atoms with E-state index >= 15 is 0 Å². The van der Waals surface area contributed by atoms with Gasteiger partial charge in [-0.3, -0.25) is 0 Å². The Balaban J connectivity index is 0.000000309. The maximum absolute atomic E-state index is 4.79. The van der Waals surface area contributed by atoms with Gasteiger partial charge in [-0.05, 0) is 88.1 Å². The van der Waals surface area contributed by atoms with Crippen molar-refractivity contribution in [1.82, 2.24) is 14.5 Å². The van der Waals surface area contributed by atoms with E-state index in [0.29, 0.717) is 0 Å². The third-order valence-electron chi connectivity index (χ3n) is 10.4. The van der Waals surface area contributed by atoms with Crippen molar-refractivity contribution < 1.29 is 20.1 Å². The van der Waals surface area contributed by atoms with Crippen LogP contribution in [0.5, 0.6) is 0 Å². The smallest absolute Gasteiger partial charge is 0.0541 e. The van der Waals surface area contributed by atoms with Gasteiger partial charge in [0.05, 0.1) is 11.0 Å². The minimum atomic E-state index is 0. The van der Waals surface area contributed by atoms with Crippen molar-refractivity contribution >= 4 is 21.8 Å². The van der Waals surface area contributed by atoms with E-state index in [2.05, 4.69) is 180 Å². The van der Waals surface area contributed by atoms with Gasteiger partial charge < -0.3 is 14.5 Å². The monoisotopic (exact) mass is 922 g/mol. The number of aromatic nitrogens is 3. The second-order valence-electron chi connectivity index (χ2n) is 13.9. The summed E-state index contributed by atoms with van der Waals surface area (Å²) < 4.78 is 2.36. The number of nitrogens with zero attached hydrogens (tertiary/aromatic N) is 3. The Morgan fingerprint density at radius 3 is 1.74 bits per heavy atom. The first-order chi connectivity index (χ1) is 28.2. The fourth-order valence-electron chi connectivity index (χ4n) is 7.41. The van der Waals surface area contributed by atoms with Crippen LogP contribution in [-0.4, -0.2) is 14.5 Å². The van der Waals surface area contributed by atoms with Crippen LogP contribution in [-0.2, 0) is 26.5 Å². The van der Waals surface area contributed by atoms with Gasteiger partial charge in [0.2, 0.25) is 0 Å². The molecule has 3 nitrogen and oxygen atoms in total. The van der Waals surface area contributed by atoms with Crippen molar-refractivity contribution in [2.75, 3.05) is 0 Å². The molecule has 3 heterocycles. The van der Waals surface area contributed by atoms with Crippen LogP contribution in [0, 0.1) is 12.1 Å². The largest absolute Gasteiger partial charge is 0.309 e. The van der Waals surface area contributed by atoms with Crippen molar-refractivity contribution in [2.24, 2.45) is 0 Å². The van der Waals surface area contributed by atoms with E-state index in [9.17, 15) is 0 Å². The summed E-state index contributed by atoms with van der Waals surface area (Å²) in [6.45, 7) is 2.13. The summed E-state index contributed by atoms with van der Waals surface area (Å²) in [6, 6.07) is 76.5. The SMILES string of the molecule is CCc1cccc(-c2[c-]ccc(-c3ccc(-c4ccc(-c5ccc6c(c5)c5ccccc5n6-c5ccccc5)cc4)cc3)c2)n1.[Ir].[c-]1ccccc1-c1ccccn1. The first-order valence-corrected chi connectivity index (χ1v) is 19.4. The van der Waals surface area contributed by atoms with E-state index < -0.39 is 0 Å². The average Bonchev–Trinajstić information content (AvgIpc) is 3.64. The molecule has 0 saturated heterocycles. The van der Waals surface area contributed by atoms with Crippen LogP contribution in [0.3, 0.4) is 0 Å². The Morgan fingerprint density at radius 1 is 0.448 bits per heavy atom. The summed E-state index contributed by atoms with van der Waals surface area (Å²) in [6.07, 6.45) is 2.71. The Kier molecular flexibility index (Phi) is 11.6. The third kappa shape index (κ3) is 8.08. The minimum Gasteiger partial charge on any atom is -0.309 e. The van der Waals surface area contributed by atoms with Crippen molar-refractivity contribution in [1.29, 1.82) is 0 Å². The number of para-hydroxylation sites is 2. The zero-order chi connectivity index (χ0) is 38.4. The predicted octanol–water partition coefficient (Wildman–Crippen LogP) is 13.8. The van der Waals surface area contributed by atoms with E-state index in [1.54, 1.807) is 6.20 Å². The second kappa shape index (κ2) is 17.6. The molecule has 0 fully saturated rings. The molecule has 4 heteroatoms. The molecule has 281 valence electrons. The van der Waals surface area contributed by atoms with Crippen LogP contribution < -0.4 is 0 Å². The Hall–Kier alpha value is -6.71. The van der Waals surface area contributed by atoms with Crippen LogP contribution >= 0.6 is 0 Å². The van der Waals surface area contributed by atoms with Gasteiger partial charge in [0.1, 0.15) is 0 Å². The molecule has 0 aliphatic carbocycles. The summed E-state index contributed by atoms with van der Waals surface area (Å²) in [4.78, 5) is 9.01. The molecule has 0 bridgehead atoms. The summed E-state index contributed by atoms with van der Waals surface area (Å²) in [5, 5.41) is 2.53. The van der Waals surface area contributed by atoms with E-state index in [0.717, 1.165) is 34.6 Å². The quantitative estimate of drug-likeness (QED) is 0.149. The van der Waals surface area contributed by atoms with Gasteiger partial charge in [-0.1, -0.05) is 122 Å². The molecule has 10 rings (SSSR count). The van der Waals surface area contributed by atoms with Crippen molar-refractivity contribution in [3.63, 3.8) is 0 Å². The van der Waals surface area contributed by atoms with Crippen molar-refractivity contribution in [3.8, 4) is 61.6 Å². The Morgan fingerprint density at radius 2 is 1.05 bits per heavy atom. The molecule has 58 heavy (non-hydrogen) atoms. The molecule has 1 radical (unpaired) electrons. The fraction of sp³-hybridized carbons (Fsp3) is 0.0370. The van der Waals surface area contributed by atoms with Crippen LogP contribution in [0.25, 0.3) is 83.4 Å². The van der Waals surface area contributed by atoms with Gasteiger partial charge in [0.25, 0.3) is 0 Å². The molecule has 0 N–H and O–H groups in total. The fourth-order valence-corrected chi connectivity index (χ4v) is 7.41. The van der Waals surface area contributed by atoms with Gasteiger partial charge in [0.15, 0.2) is 0 Å². The first-order valence-electron chi connectivity index (χ1n) is 19.4. The minimum absolute atomic E-state index is 0. The summed E-state index contributed by atoms with van der Waals surface area (Å²) in [5.41, 5.74) is 15.9. The molecule has 7 aromatic carbocycles. The zero-order valence-electron chi connectivity index (χ0n) is 32.0. The van der Waals surface area contributed by atoms with Gasteiger partial charge in [-0.25, -0.2) is 0 Å². The number of hydrogen-bond donors (Lipinski definition) is 0. The molecule has 0 spiro atoms. The number of fused-ring (bicyclic) bond motifs is 3. The molecule has 3 aromatic heterocycles. The molecule has 0 amide bonds. The van der Waals surface area contributed by atoms with E-state index in [1.807, 2.05) is 48.5 Å². The summed E-state index contributed by atoms with van der Waals surface area (Å²) >= 11 is 0.